The zero-order chi connectivity index (χ0) is 20.8. The average Bonchev–Trinajstić information content (AvgIpc) is 2.72. The lowest BCUT2D eigenvalue weighted by Gasteiger charge is -2.19. The number of hydrogen-bond donors (Lipinski definition) is 1. The fraction of sp³-hybridized carbons (Fsp3) is 0.273. The summed E-state index contributed by atoms with van der Waals surface area (Å²) in [4.78, 5) is 29.6. The molecule has 29 heavy (non-hydrogen) atoms. The van der Waals surface area contributed by atoms with E-state index in [-0.39, 0.29) is 5.91 Å². The Hall–Kier alpha value is -3.48. The fourth-order valence-corrected chi connectivity index (χ4v) is 2.86. The summed E-state index contributed by atoms with van der Waals surface area (Å²) in [6.07, 6.45) is 4.44. The van der Waals surface area contributed by atoms with Gasteiger partial charge in [0.15, 0.2) is 0 Å². The summed E-state index contributed by atoms with van der Waals surface area (Å²) >= 11 is 0. The van der Waals surface area contributed by atoms with Gasteiger partial charge in [-0.25, -0.2) is 9.97 Å². The second-order valence-corrected chi connectivity index (χ2v) is 7.08. The highest BCUT2D eigenvalue weighted by Crippen LogP contribution is 2.17. The van der Waals surface area contributed by atoms with Crippen LogP contribution < -0.4 is 15.1 Å². The van der Waals surface area contributed by atoms with Gasteiger partial charge in [0.25, 0.3) is 5.91 Å². The molecule has 3 aromatic rings. The van der Waals surface area contributed by atoms with E-state index in [0.717, 1.165) is 30.2 Å². The van der Waals surface area contributed by atoms with E-state index in [2.05, 4.69) is 20.3 Å². The first-order valence-electron chi connectivity index (χ1n) is 9.47. The highest BCUT2D eigenvalue weighted by atomic mass is 16.1. The molecule has 0 bridgehead atoms. The number of hydrogen-bond acceptors (Lipinski definition) is 6. The SMILES string of the molecule is Cc1nc(C(=O)Nc2ccc(N(C)C)cc2)cc(N(C)CCc2ccncc2)n1. The lowest BCUT2D eigenvalue weighted by Crippen LogP contribution is -2.23. The van der Waals surface area contributed by atoms with Crippen molar-refractivity contribution in [2.45, 2.75) is 13.3 Å². The first-order valence-corrected chi connectivity index (χ1v) is 9.47. The number of aromatic nitrogens is 3. The van der Waals surface area contributed by atoms with Gasteiger partial charge in [0.2, 0.25) is 0 Å². The highest BCUT2D eigenvalue weighted by Gasteiger charge is 2.13. The molecule has 150 valence electrons. The number of likely N-dealkylation sites (N-methyl/N-ethyl adjacent to an activating group) is 1. The number of nitrogens with zero attached hydrogens (tertiary/aromatic N) is 5. The number of rotatable bonds is 7. The van der Waals surface area contributed by atoms with Crippen LogP contribution in [0.1, 0.15) is 21.9 Å². The minimum absolute atomic E-state index is 0.253. The van der Waals surface area contributed by atoms with Crippen LogP contribution in [0.5, 0.6) is 0 Å². The molecule has 7 nitrogen and oxygen atoms in total. The van der Waals surface area contributed by atoms with Gasteiger partial charge in [-0.3, -0.25) is 9.78 Å². The summed E-state index contributed by atoms with van der Waals surface area (Å²) in [6, 6.07) is 13.4. The maximum absolute atomic E-state index is 12.7. The minimum Gasteiger partial charge on any atom is -0.378 e. The summed E-state index contributed by atoms with van der Waals surface area (Å²) in [5.41, 5.74) is 3.35. The molecule has 1 amide bonds. The summed E-state index contributed by atoms with van der Waals surface area (Å²) in [5.74, 6) is 1.03. The van der Waals surface area contributed by atoms with Crippen LogP contribution in [0.2, 0.25) is 0 Å². The molecule has 0 atom stereocenters. The summed E-state index contributed by atoms with van der Waals surface area (Å²) in [6.45, 7) is 2.57. The number of aryl methyl sites for hydroxylation is 1. The number of anilines is 3. The van der Waals surface area contributed by atoms with Gasteiger partial charge in [-0.2, -0.15) is 0 Å². The molecule has 0 saturated heterocycles. The van der Waals surface area contributed by atoms with Crippen molar-refractivity contribution in [2.24, 2.45) is 0 Å². The van der Waals surface area contributed by atoms with E-state index in [9.17, 15) is 4.79 Å². The zero-order valence-corrected chi connectivity index (χ0v) is 17.3. The van der Waals surface area contributed by atoms with Gasteiger partial charge in [0.05, 0.1) is 0 Å². The summed E-state index contributed by atoms with van der Waals surface area (Å²) in [7, 11) is 5.92. The molecule has 0 saturated carbocycles. The summed E-state index contributed by atoms with van der Waals surface area (Å²) < 4.78 is 0. The van der Waals surface area contributed by atoms with Crippen molar-refractivity contribution in [3.8, 4) is 0 Å². The van der Waals surface area contributed by atoms with Gasteiger partial charge >= 0.3 is 0 Å². The van der Waals surface area contributed by atoms with Crippen molar-refractivity contribution in [1.29, 1.82) is 0 Å². The average molecular weight is 390 g/mol. The second-order valence-electron chi connectivity index (χ2n) is 7.08. The number of benzene rings is 1. The predicted molar refractivity (Wildman–Crippen MR) is 117 cm³/mol. The van der Waals surface area contributed by atoms with Crippen LogP contribution in [0, 0.1) is 6.92 Å². The van der Waals surface area contributed by atoms with E-state index >= 15 is 0 Å². The van der Waals surface area contributed by atoms with Crippen LogP contribution in [-0.4, -0.2) is 48.5 Å². The fourth-order valence-electron chi connectivity index (χ4n) is 2.86. The number of nitrogens with one attached hydrogen (secondary N) is 1. The molecule has 0 aliphatic rings. The van der Waals surface area contributed by atoms with Crippen LogP contribution in [0.3, 0.4) is 0 Å². The molecule has 1 N–H and O–H groups in total. The van der Waals surface area contributed by atoms with Gasteiger partial charge in [0.1, 0.15) is 17.3 Å². The quantitative estimate of drug-likeness (QED) is 0.668. The zero-order valence-electron chi connectivity index (χ0n) is 17.3. The van der Waals surface area contributed by atoms with E-state index < -0.39 is 0 Å². The van der Waals surface area contributed by atoms with Crippen LogP contribution in [0.15, 0.2) is 54.9 Å². The van der Waals surface area contributed by atoms with Gasteiger partial charge in [-0.05, 0) is 55.3 Å². The lowest BCUT2D eigenvalue weighted by molar-refractivity contribution is 0.102. The molecular formula is C22H26N6O. The molecule has 2 heterocycles. The Morgan fingerprint density at radius 3 is 2.34 bits per heavy atom. The van der Waals surface area contributed by atoms with Crippen LogP contribution in [0.4, 0.5) is 17.2 Å². The normalized spacial score (nSPS) is 10.5. The maximum Gasteiger partial charge on any atom is 0.274 e. The first kappa shape index (κ1) is 20.3. The topological polar surface area (TPSA) is 74.2 Å². The monoisotopic (exact) mass is 390 g/mol. The Morgan fingerprint density at radius 2 is 1.69 bits per heavy atom. The molecule has 0 aliphatic heterocycles. The Bertz CT molecular complexity index is 957. The van der Waals surface area contributed by atoms with Crippen LogP contribution >= 0.6 is 0 Å². The van der Waals surface area contributed by atoms with Crippen LogP contribution in [0.25, 0.3) is 0 Å². The molecule has 0 aliphatic carbocycles. The highest BCUT2D eigenvalue weighted by molar-refractivity contribution is 6.03. The Labute approximate surface area is 171 Å². The second kappa shape index (κ2) is 9.14. The standard InChI is InChI=1S/C22H26N6O/c1-16-24-20(22(29)26-18-5-7-19(8-6-18)27(2)3)15-21(25-16)28(4)14-11-17-9-12-23-13-10-17/h5-10,12-13,15H,11,14H2,1-4H3,(H,26,29). The van der Waals surface area contributed by atoms with Gasteiger partial charge in [-0.1, -0.05) is 0 Å². The van der Waals surface area contributed by atoms with Crippen molar-refractivity contribution < 1.29 is 4.79 Å². The molecule has 0 spiro atoms. The minimum atomic E-state index is -0.253. The predicted octanol–water partition coefficient (Wildman–Crippen LogP) is 3.18. The van der Waals surface area contributed by atoms with Crippen molar-refractivity contribution in [3.05, 3.63) is 71.9 Å². The molecule has 1 aromatic carbocycles. The maximum atomic E-state index is 12.7. The van der Waals surface area contributed by atoms with E-state index in [1.54, 1.807) is 25.4 Å². The molecule has 0 fully saturated rings. The summed E-state index contributed by atoms with van der Waals surface area (Å²) in [5, 5.41) is 2.90. The van der Waals surface area contributed by atoms with Crippen LogP contribution in [-0.2, 0) is 6.42 Å². The number of amides is 1. The molecule has 2 aromatic heterocycles. The smallest absolute Gasteiger partial charge is 0.274 e. The third-order valence-electron chi connectivity index (χ3n) is 4.57. The van der Waals surface area contributed by atoms with Crippen molar-refractivity contribution in [1.82, 2.24) is 15.0 Å². The third kappa shape index (κ3) is 5.51. The van der Waals surface area contributed by atoms with Gasteiger partial charge in [-0.15, -0.1) is 0 Å². The molecular weight excluding hydrogens is 364 g/mol. The largest absolute Gasteiger partial charge is 0.378 e. The number of carbonyl (C=O) groups excluding carboxylic acids is 1. The Kier molecular flexibility index (Phi) is 6.39. The van der Waals surface area contributed by atoms with Crippen molar-refractivity contribution in [3.63, 3.8) is 0 Å². The molecule has 0 unspecified atom stereocenters. The molecule has 7 heteroatoms. The van der Waals surface area contributed by atoms with Crippen molar-refractivity contribution >= 4 is 23.1 Å². The third-order valence-corrected chi connectivity index (χ3v) is 4.57. The molecule has 0 radical (unpaired) electrons. The molecule has 3 rings (SSSR count). The number of carbonyl (C=O) groups is 1. The van der Waals surface area contributed by atoms with Crippen molar-refractivity contribution in [2.75, 3.05) is 42.8 Å². The van der Waals surface area contributed by atoms with Gasteiger partial charge < -0.3 is 15.1 Å². The van der Waals surface area contributed by atoms with Gasteiger partial charge in [0, 0.05) is 57.5 Å². The van der Waals surface area contributed by atoms with E-state index in [1.807, 2.05) is 67.3 Å². The van der Waals surface area contributed by atoms with E-state index in [1.165, 1.54) is 5.56 Å². The van der Waals surface area contributed by atoms with E-state index in [4.69, 9.17) is 0 Å². The lowest BCUT2D eigenvalue weighted by atomic mass is 10.2. The first-order chi connectivity index (χ1) is 13.9. The Balaban J connectivity index is 1.69. The van der Waals surface area contributed by atoms with E-state index in [0.29, 0.717) is 11.5 Å². The Morgan fingerprint density at radius 1 is 1.00 bits per heavy atom. The number of pyridine rings is 1.